The molecule has 3 heterocycles. The molecule has 0 atom stereocenters. The molecule has 13 aromatic carbocycles. The summed E-state index contributed by atoms with van der Waals surface area (Å²) >= 11 is 1.91. The molecule has 0 spiro atoms. The van der Waals surface area contributed by atoms with Crippen LogP contribution in [0, 0.1) is 6.92 Å². The first-order chi connectivity index (χ1) is 41.6. The molecule has 0 aliphatic carbocycles. The number of anilines is 8. The number of fused-ring (bicyclic) bond motifs is 8. The Bertz CT molecular complexity index is 4690. The molecule has 394 valence electrons. The van der Waals surface area contributed by atoms with E-state index in [9.17, 15) is 0 Å². The smallest absolute Gasteiger partial charge is 0.333 e. The lowest BCUT2D eigenvalue weighted by Crippen LogP contribution is -2.61. The van der Waals surface area contributed by atoms with Gasteiger partial charge in [-0.05, 0) is 176 Å². The van der Waals surface area contributed by atoms with Crippen LogP contribution < -0.4 is 25.5 Å². The molecule has 1 aromatic heterocycles. The molecule has 0 bridgehead atoms. The van der Waals surface area contributed by atoms with Crippen molar-refractivity contribution in [3.63, 3.8) is 0 Å². The van der Waals surface area contributed by atoms with E-state index in [0.29, 0.717) is 0 Å². The van der Waals surface area contributed by atoms with Crippen molar-refractivity contribution in [1.29, 1.82) is 0 Å². The predicted octanol–water partition coefficient (Wildman–Crippen LogP) is 20.9. The first-order valence-corrected chi connectivity index (χ1v) is 29.7. The van der Waals surface area contributed by atoms with Gasteiger partial charge in [-0.2, -0.15) is 0 Å². The van der Waals surface area contributed by atoms with E-state index >= 15 is 0 Å². The van der Waals surface area contributed by atoms with E-state index in [0.717, 1.165) is 34.1 Å². The number of rotatable bonds is 10. The molecule has 2 aliphatic rings. The number of aryl methyl sites for hydroxylation is 1. The summed E-state index contributed by atoms with van der Waals surface area (Å²) in [6.07, 6.45) is 0. The highest BCUT2D eigenvalue weighted by molar-refractivity contribution is 7.26. The number of nitrogens with zero attached hydrogens (tertiary/aromatic N) is 3. The third-order valence-corrected chi connectivity index (χ3v) is 18.3. The van der Waals surface area contributed by atoms with Crippen molar-refractivity contribution in [3.8, 4) is 66.8 Å². The maximum absolute atomic E-state index is 2.67. The van der Waals surface area contributed by atoms with Crippen LogP contribution in [0.1, 0.15) is 5.56 Å². The normalized spacial score (nSPS) is 12.3. The maximum atomic E-state index is 2.67. The third-order valence-electron chi connectivity index (χ3n) is 17.1. The Morgan fingerprint density at radius 3 is 1.36 bits per heavy atom. The van der Waals surface area contributed by atoms with Crippen LogP contribution in [0.25, 0.3) is 86.9 Å². The van der Waals surface area contributed by atoms with Crippen LogP contribution in [-0.2, 0) is 0 Å². The van der Waals surface area contributed by atoms with E-state index in [1.807, 2.05) is 11.3 Å². The topological polar surface area (TPSA) is 9.72 Å². The highest BCUT2D eigenvalue weighted by Crippen LogP contribution is 2.54. The summed E-state index contributed by atoms with van der Waals surface area (Å²) in [5.74, 6) is 0. The van der Waals surface area contributed by atoms with Gasteiger partial charge in [0.25, 0.3) is 0 Å². The average Bonchev–Trinajstić information content (AvgIpc) is 1.24. The molecule has 16 rings (SSSR count). The number of hydrogen-bond acceptors (Lipinski definition) is 4. The summed E-state index contributed by atoms with van der Waals surface area (Å²) in [5, 5.41) is 2.54. The van der Waals surface area contributed by atoms with Crippen molar-refractivity contribution in [2.45, 2.75) is 6.92 Å². The molecular formula is C79H54BN3S. The molecule has 0 fully saturated rings. The molecule has 0 amide bonds. The Balaban J connectivity index is 0.995. The lowest BCUT2D eigenvalue weighted by atomic mass is 9.43. The molecule has 5 heteroatoms. The SMILES string of the molecule is Cc1cc(-c2ccccc2)ccc1N1c2ccc(N(c3ccc(-c4ccccc4)cc3)c3ccc(-c4ccccc4)cc3)cc2B2c3c(cc4c(sc5ccccc54)c31)-c1cc(-c3ccccc3)ccc1N2c1cccc(-c2ccccc2)c1. The molecule has 14 aromatic rings. The fraction of sp³-hybridized carbons (Fsp3) is 0.0127. The third kappa shape index (κ3) is 8.43. The van der Waals surface area contributed by atoms with E-state index in [1.165, 1.54) is 115 Å². The van der Waals surface area contributed by atoms with Crippen LogP contribution in [0.4, 0.5) is 45.5 Å². The monoisotopic (exact) mass is 1090 g/mol. The van der Waals surface area contributed by atoms with Gasteiger partial charge in [-0.3, -0.25) is 0 Å². The Morgan fingerprint density at radius 1 is 0.333 bits per heavy atom. The maximum Gasteiger partial charge on any atom is 0.333 e. The highest BCUT2D eigenvalue weighted by atomic mass is 32.1. The van der Waals surface area contributed by atoms with E-state index < -0.39 is 0 Å². The average molecular weight is 1090 g/mol. The Kier molecular flexibility index (Phi) is 12.1. The number of thiophene rings is 1. The number of hydrogen-bond donors (Lipinski definition) is 0. The van der Waals surface area contributed by atoms with Gasteiger partial charge in [-0.25, -0.2) is 0 Å². The van der Waals surface area contributed by atoms with Gasteiger partial charge in [0.15, 0.2) is 0 Å². The minimum absolute atomic E-state index is 0.261. The minimum atomic E-state index is -0.261. The van der Waals surface area contributed by atoms with Crippen molar-refractivity contribution >= 4 is 94.8 Å². The lowest BCUT2D eigenvalue weighted by molar-refractivity contribution is 1.24. The predicted molar refractivity (Wildman–Crippen MR) is 360 cm³/mol. The van der Waals surface area contributed by atoms with Crippen molar-refractivity contribution in [3.05, 3.63) is 315 Å². The van der Waals surface area contributed by atoms with Gasteiger partial charge in [0, 0.05) is 60.8 Å². The quantitative estimate of drug-likeness (QED) is 0.126. The van der Waals surface area contributed by atoms with Gasteiger partial charge in [-0.15, -0.1) is 11.3 Å². The fourth-order valence-corrected chi connectivity index (χ4v) is 14.4. The van der Waals surface area contributed by atoms with E-state index in [1.54, 1.807) is 0 Å². The van der Waals surface area contributed by atoms with Gasteiger partial charge in [0.2, 0.25) is 0 Å². The molecule has 0 N–H and O–H groups in total. The minimum Gasteiger partial charge on any atom is -0.376 e. The lowest BCUT2D eigenvalue weighted by Gasteiger charge is -2.46. The molecule has 0 saturated carbocycles. The summed E-state index contributed by atoms with van der Waals surface area (Å²) in [6.45, 7) is 2.03. The van der Waals surface area contributed by atoms with E-state index in [-0.39, 0.29) is 6.85 Å². The van der Waals surface area contributed by atoms with Crippen LogP contribution in [-0.4, -0.2) is 6.85 Å². The Labute approximate surface area is 495 Å². The summed E-state index contributed by atoms with van der Waals surface area (Å²) in [6, 6.07) is 114. The second kappa shape index (κ2) is 20.5. The summed E-state index contributed by atoms with van der Waals surface area (Å²) < 4.78 is 2.55. The summed E-state index contributed by atoms with van der Waals surface area (Å²) in [4.78, 5) is 7.75. The fourth-order valence-electron chi connectivity index (χ4n) is 13.2. The second-order valence-electron chi connectivity index (χ2n) is 22.1. The molecule has 84 heavy (non-hydrogen) atoms. The van der Waals surface area contributed by atoms with Gasteiger partial charge < -0.3 is 14.6 Å². The van der Waals surface area contributed by atoms with Gasteiger partial charge >= 0.3 is 6.85 Å². The molecule has 3 nitrogen and oxygen atoms in total. The zero-order chi connectivity index (χ0) is 55.7. The first kappa shape index (κ1) is 49.4. The summed E-state index contributed by atoms with van der Waals surface area (Å²) in [7, 11) is 0. The molecular weight excluding hydrogens is 1030 g/mol. The first-order valence-electron chi connectivity index (χ1n) is 28.9. The van der Waals surface area contributed by atoms with Crippen LogP contribution in [0.5, 0.6) is 0 Å². The van der Waals surface area contributed by atoms with Gasteiger partial charge in [0.05, 0.1) is 10.4 Å². The van der Waals surface area contributed by atoms with E-state index in [4.69, 9.17) is 0 Å². The Morgan fingerprint density at radius 2 is 0.786 bits per heavy atom. The molecule has 0 radical (unpaired) electrons. The Hall–Kier alpha value is -10.5. The van der Waals surface area contributed by atoms with Crippen LogP contribution in [0.3, 0.4) is 0 Å². The van der Waals surface area contributed by atoms with E-state index in [2.05, 4.69) is 331 Å². The van der Waals surface area contributed by atoms with Crippen molar-refractivity contribution in [2.75, 3.05) is 14.6 Å². The van der Waals surface area contributed by atoms with Crippen molar-refractivity contribution in [1.82, 2.24) is 0 Å². The zero-order valence-electron chi connectivity index (χ0n) is 46.3. The van der Waals surface area contributed by atoms with Crippen molar-refractivity contribution in [2.24, 2.45) is 0 Å². The highest BCUT2D eigenvalue weighted by Gasteiger charge is 2.47. The second-order valence-corrected chi connectivity index (χ2v) is 23.1. The molecule has 2 aliphatic heterocycles. The largest absolute Gasteiger partial charge is 0.376 e. The summed E-state index contributed by atoms with van der Waals surface area (Å²) in [5.41, 5.74) is 27.1. The standard InChI is InChI=1S/C79H54BN3S/c1-53-48-62(57-26-13-5-14-27-57)38-45-73(53)82-75-47-44-66(81(64-40-34-59(35-41-64)54-20-7-2-8-21-54)65-42-36-60(37-43-65)55-22-9-3-10-23-55)51-72(75)80-77-70(52-71-68-32-17-18-33-76(68)84-79(71)78(77)82)69-50-63(58-28-15-6-16-29-58)39-46-74(69)83(80)67-31-19-30-61(49-67)56-24-11-4-12-25-56/h2-52H,1H3. The zero-order valence-corrected chi connectivity index (χ0v) is 47.1. The molecule has 0 saturated heterocycles. The van der Waals surface area contributed by atoms with Gasteiger partial charge in [0.1, 0.15) is 0 Å². The molecule has 0 unspecified atom stereocenters. The van der Waals surface area contributed by atoms with Crippen LogP contribution in [0.15, 0.2) is 309 Å². The van der Waals surface area contributed by atoms with Crippen molar-refractivity contribution < 1.29 is 0 Å². The van der Waals surface area contributed by atoms with Crippen LogP contribution in [0.2, 0.25) is 0 Å². The van der Waals surface area contributed by atoms with Crippen LogP contribution >= 0.6 is 11.3 Å². The van der Waals surface area contributed by atoms with Gasteiger partial charge in [-0.1, -0.05) is 218 Å². The number of benzene rings is 13.